The summed E-state index contributed by atoms with van der Waals surface area (Å²) >= 11 is 0. The molecule has 0 amide bonds. The molecule has 0 fully saturated rings. The Morgan fingerprint density at radius 1 is 1.28 bits per heavy atom. The van der Waals surface area contributed by atoms with Crippen LogP contribution < -0.4 is 21.2 Å². The van der Waals surface area contributed by atoms with Gasteiger partial charge in [-0.2, -0.15) is 0 Å². The molecular formula is C36H36N2O8. The van der Waals surface area contributed by atoms with Crippen molar-refractivity contribution in [2.24, 2.45) is 5.73 Å². The van der Waals surface area contributed by atoms with Crippen LogP contribution in [0, 0.1) is 11.8 Å². The van der Waals surface area contributed by atoms with Crippen molar-refractivity contribution in [2.75, 3.05) is 6.54 Å². The third-order valence-corrected chi connectivity index (χ3v) is 9.05. The fourth-order valence-corrected chi connectivity index (χ4v) is 6.45. The molecule has 3 aromatic rings. The van der Waals surface area contributed by atoms with Crippen LogP contribution in [0.25, 0.3) is 11.0 Å². The van der Waals surface area contributed by atoms with E-state index < -0.39 is 41.5 Å². The number of esters is 1. The zero-order valence-electron chi connectivity index (χ0n) is 25.8. The van der Waals surface area contributed by atoms with Gasteiger partial charge in [-0.1, -0.05) is 30.2 Å². The second-order valence-corrected chi connectivity index (χ2v) is 12.0. The number of hydrogen-bond acceptors (Lipinski definition) is 10. The van der Waals surface area contributed by atoms with Gasteiger partial charge in [-0.15, -0.1) is 5.92 Å². The number of aromatic hydroxyl groups is 2. The molecule has 6 N–H and O–H groups in total. The van der Waals surface area contributed by atoms with Crippen LogP contribution in [-0.4, -0.2) is 39.5 Å². The molecule has 3 aliphatic rings. The van der Waals surface area contributed by atoms with Gasteiger partial charge in [-0.25, -0.2) is 4.79 Å². The number of carbonyl (C=O) groups is 1. The average molecular weight is 625 g/mol. The van der Waals surface area contributed by atoms with Gasteiger partial charge in [0.05, 0.1) is 11.7 Å². The third-order valence-electron chi connectivity index (χ3n) is 9.05. The number of carbonyl (C=O) groups excluding carboxylic acids is 1. The fraction of sp³-hybridized carbons (Fsp3) is 0.333. The Balaban J connectivity index is 1.72. The van der Waals surface area contributed by atoms with Gasteiger partial charge in [0.2, 0.25) is 0 Å². The average Bonchev–Trinajstić information content (AvgIpc) is 3.03. The van der Waals surface area contributed by atoms with E-state index in [0.717, 1.165) is 11.6 Å². The lowest BCUT2D eigenvalue weighted by Crippen LogP contribution is -2.51. The van der Waals surface area contributed by atoms with Crippen molar-refractivity contribution in [3.8, 4) is 29.1 Å². The number of rotatable bonds is 5. The molecule has 0 spiro atoms. The molecule has 3 aliphatic heterocycles. The Morgan fingerprint density at radius 3 is 2.80 bits per heavy atom. The van der Waals surface area contributed by atoms with Crippen LogP contribution in [0.1, 0.15) is 67.9 Å². The first-order valence-corrected chi connectivity index (χ1v) is 15.2. The first-order valence-electron chi connectivity index (χ1n) is 15.2. The molecule has 1 aromatic heterocycles. The lowest BCUT2D eigenvalue weighted by molar-refractivity contribution is -0.158. The maximum Gasteiger partial charge on any atom is 0.333 e. The van der Waals surface area contributed by atoms with Crippen molar-refractivity contribution in [3.05, 3.63) is 98.2 Å². The molecule has 6 rings (SSSR count). The molecular weight excluding hydrogens is 588 g/mol. The van der Waals surface area contributed by atoms with Crippen LogP contribution in [0.4, 0.5) is 0 Å². The van der Waals surface area contributed by atoms with Gasteiger partial charge in [0.25, 0.3) is 0 Å². The molecule has 2 aromatic carbocycles. The summed E-state index contributed by atoms with van der Waals surface area (Å²) in [6.07, 6.45) is 5.40. The minimum atomic E-state index is -1.07. The number of allylic oxidation sites excluding steroid dienone is 3. The van der Waals surface area contributed by atoms with E-state index in [1.54, 1.807) is 44.2 Å². The highest BCUT2D eigenvalue weighted by Gasteiger charge is 2.48. The van der Waals surface area contributed by atoms with Crippen molar-refractivity contribution < 1.29 is 34.0 Å². The normalized spacial score (nSPS) is 24.0. The van der Waals surface area contributed by atoms with Crippen molar-refractivity contribution in [1.29, 1.82) is 0 Å². The van der Waals surface area contributed by atoms with E-state index in [2.05, 4.69) is 17.2 Å². The van der Waals surface area contributed by atoms with Gasteiger partial charge in [-0.05, 0) is 50.1 Å². The van der Waals surface area contributed by atoms with E-state index in [-0.39, 0.29) is 40.4 Å². The minimum Gasteiger partial charge on any atom is -0.508 e. The second kappa shape index (κ2) is 12.0. The van der Waals surface area contributed by atoms with Crippen molar-refractivity contribution in [2.45, 2.75) is 70.2 Å². The number of aliphatic hydroxyl groups excluding tert-OH is 1. The Bertz CT molecular complexity index is 1960. The highest BCUT2D eigenvalue weighted by molar-refractivity contribution is 5.92. The molecule has 238 valence electrons. The Hall–Kier alpha value is -5.14. The molecule has 4 unspecified atom stereocenters. The zero-order chi connectivity index (χ0) is 32.7. The minimum absolute atomic E-state index is 0.00508. The van der Waals surface area contributed by atoms with Crippen LogP contribution in [0.5, 0.6) is 17.2 Å². The van der Waals surface area contributed by atoms with Crippen molar-refractivity contribution in [1.82, 2.24) is 5.32 Å². The zero-order valence-corrected chi connectivity index (χ0v) is 25.8. The third kappa shape index (κ3) is 5.37. The maximum absolute atomic E-state index is 13.6. The Morgan fingerprint density at radius 2 is 2.09 bits per heavy atom. The van der Waals surface area contributed by atoms with Crippen molar-refractivity contribution in [3.63, 3.8) is 0 Å². The van der Waals surface area contributed by atoms with E-state index in [9.17, 15) is 24.9 Å². The number of phenolic OH excluding ortho intramolecular Hbond substituents is 2. The lowest BCUT2D eigenvalue weighted by atomic mass is 9.73. The quantitative estimate of drug-likeness (QED) is 0.157. The molecule has 10 heteroatoms. The van der Waals surface area contributed by atoms with Crippen LogP contribution in [0.2, 0.25) is 0 Å². The summed E-state index contributed by atoms with van der Waals surface area (Å²) in [5.41, 5.74) is 7.28. The summed E-state index contributed by atoms with van der Waals surface area (Å²) < 4.78 is 19.1. The Labute approximate surface area is 265 Å². The number of benzene rings is 2. The summed E-state index contributed by atoms with van der Waals surface area (Å²) in [7, 11) is 0. The topological polar surface area (TPSA) is 164 Å². The molecule has 10 nitrogen and oxygen atoms in total. The number of aliphatic hydroxyl groups is 1. The van der Waals surface area contributed by atoms with E-state index >= 15 is 0 Å². The summed E-state index contributed by atoms with van der Waals surface area (Å²) in [6, 6.07) is 7.95. The second-order valence-electron chi connectivity index (χ2n) is 12.0. The van der Waals surface area contributed by atoms with Crippen molar-refractivity contribution >= 4 is 16.9 Å². The molecule has 2 bridgehead atoms. The van der Waals surface area contributed by atoms with Crippen LogP contribution in [0.3, 0.4) is 0 Å². The molecule has 4 atom stereocenters. The van der Waals surface area contributed by atoms with Gasteiger partial charge >= 0.3 is 5.97 Å². The molecule has 0 radical (unpaired) electrons. The smallest absolute Gasteiger partial charge is 0.333 e. The first kappa shape index (κ1) is 30.9. The summed E-state index contributed by atoms with van der Waals surface area (Å²) in [6.45, 7) is 5.11. The number of nitrogens with two attached hydrogens (primary N) is 1. The largest absolute Gasteiger partial charge is 0.508 e. The number of ether oxygens (including phenoxy) is 2. The fourth-order valence-electron chi connectivity index (χ4n) is 6.45. The maximum atomic E-state index is 13.6. The van der Waals surface area contributed by atoms with Crippen LogP contribution in [-0.2, 0) is 22.6 Å². The highest BCUT2D eigenvalue weighted by Crippen LogP contribution is 2.54. The van der Waals surface area contributed by atoms with E-state index in [1.807, 2.05) is 19.1 Å². The standard InChI is InChI=1S/C36H36N2O8/c1-4-19(2)35(43)45-27-17-25-32(42)30-26(41)16-23(18-39)44-34(30)31-29(21-11-13-38-28(37)15-21)24(20-8-7-9-22(40)14-20)10-5-6-12-36(27,3)46-33(25)31/h4,7-9,11,14-16,24,27,29,38-40,42H,6,12-13,17-18,37H2,1-3H3. The first-order chi connectivity index (χ1) is 22.0. The summed E-state index contributed by atoms with van der Waals surface area (Å²) in [4.78, 5) is 26.6. The Kier molecular flexibility index (Phi) is 8.04. The summed E-state index contributed by atoms with van der Waals surface area (Å²) in [5, 5.41) is 35.3. The lowest BCUT2D eigenvalue weighted by Gasteiger charge is -2.44. The van der Waals surface area contributed by atoms with Gasteiger partial charge in [0, 0.05) is 54.5 Å². The van der Waals surface area contributed by atoms with Crippen LogP contribution >= 0.6 is 0 Å². The highest BCUT2D eigenvalue weighted by atomic mass is 16.6. The number of phenols is 2. The van der Waals surface area contributed by atoms with Crippen LogP contribution in [0.15, 0.2) is 74.7 Å². The van der Waals surface area contributed by atoms with E-state index in [1.165, 1.54) is 0 Å². The number of hydrogen-bond donors (Lipinski definition) is 5. The predicted octanol–water partition coefficient (Wildman–Crippen LogP) is 4.26. The van der Waals surface area contributed by atoms with E-state index in [4.69, 9.17) is 19.6 Å². The predicted molar refractivity (Wildman–Crippen MR) is 171 cm³/mol. The number of dihydropyridines is 1. The monoisotopic (exact) mass is 624 g/mol. The van der Waals surface area contributed by atoms with Gasteiger partial charge in [-0.3, -0.25) is 4.79 Å². The van der Waals surface area contributed by atoms with E-state index in [0.29, 0.717) is 47.5 Å². The molecule has 0 aliphatic carbocycles. The SMILES string of the molecule is CC=C(C)C(=O)OC1Cc2c3c(c4oc(CO)cc(=O)c4c2O)C(C2=CCNC(N)=C2)C(c2cccc(O)c2)C#CCCC1(C)O3. The van der Waals surface area contributed by atoms with Gasteiger partial charge < -0.3 is 40.3 Å². The number of fused-ring (bicyclic) bond motifs is 3. The van der Waals surface area contributed by atoms with Gasteiger partial charge in [0.15, 0.2) is 5.43 Å². The molecule has 46 heavy (non-hydrogen) atoms. The molecule has 4 heterocycles. The summed E-state index contributed by atoms with van der Waals surface area (Å²) in [5.74, 6) is 5.36. The molecule has 0 saturated heterocycles. The van der Waals surface area contributed by atoms with Gasteiger partial charge in [0.1, 0.15) is 52.3 Å². The number of nitrogens with one attached hydrogen (secondary N) is 1. The molecule has 0 saturated carbocycles.